The Kier molecular flexibility index (Phi) is 7.38. The van der Waals surface area contributed by atoms with Gasteiger partial charge < -0.3 is 15.2 Å². The summed E-state index contributed by atoms with van der Waals surface area (Å²) in [7, 11) is 0. The largest absolute Gasteiger partial charge is 0.460 e. The van der Waals surface area contributed by atoms with E-state index >= 15 is 0 Å². The van der Waals surface area contributed by atoms with Gasteiger partial charge in [0.1, 0.15) is 16.7 Å². The summed E-state index contributed by atoms with van der Waals surface area (Å²) < 4.78 is 10.9. The van der Waals surface area contributed by atoms with E-state index in [-0.39, 0.29) is 6.42 Å². The van der Waals surface area contributed by atoms with Crippen molar-refractivity contribution in [1.29, 1.82) is 0 Å². The molecule has 0 amide bonds. The zero-order valence-corrected chi connectivity index (χ0v) is 17.5. The molecule has 0 fully saturated rings. The molecule has 1 aromatic rings. The lowest BCUT2D eigenvalue weighted by atomic mass is 9.82. The lowest BCUT2D eigenvalue weighted by Gasteiger charge is -2.34. The predicted molar refractivity (Wildman–Crippen MR) is 108 cm³/mol. The van der Waals surface area contributed by atoms with Crippen molar-refractivity contribution in [2.75, 3.05) is 0 Å². The molecule has 150 valence electrons. The second-order valence-corrected chi connectivity index (χ2v) is 8.86. The SMILES string of the molecule is C[C@@H](/C=C/c1ccccc1)[C@](N)(CC(=O)OC(C)(C)C)C(=O)OC(C)(C)C. The van der Waals surface area contributed by atoms with E-state index in [0.717, 1.165) is 5.56 Å². The van der Waals surface area contributed by atoms with Crippen molar-refractivity contribution in [3.63, 3.8) is 0 Å². The molecule has 0 saturated heterocycles. The molecular formula is C22H33NO4. The van der Waals surface area contributed by atoms with Gasteiger partial charge in [-0.1, -0.05) is 49.4 Å². The summed E-state index contributed by atoms with van der Waals surface area (Å²) in [4.78, 5) is 25.2. The highest BCUT2D eigenvalue weighted by Crippen LogP contribution is 2.27. The fraction of sp³-hybridized carbons (Fsp3) is 0.545. The third-order valence-corrected chi connectivity index (χ3v) is 3.83. The number of benzene rings is 1. The summed E-state index contributed by atoms with van der Waals surface area (Å²) >= 11 is 0. The Hall–Kier alpha value is -2.14. The van der Waals surface area contributed by atoms with Crippen molar-refractivity contribution in [3.8, 4) is 0 Å². The van der Waals surface area contributed by atoms with Gasteiger partial charge >= 0.3 is 11.9 Å². The van der Waals surface area contributed by atoms with E-state index < -0.39 is 34.6 Å². The van der Waals surface area contributed by atoms with Crippen LogP contribution in [0.3, 0.4) is 0 Å². The molecule has 2 N–H and O–H groups in total. The minimum atomic E-state index is -1.53. The summed E-state index contributed by atoms with van der Waals surface area (Å²) in [5, 5.41) is 0. The Morgan fingerprint density at radius 1 is 1.00 bits per heavy atom. The summed E-state index contributed by atoms with van der Waals surface area (Å²) in [6, 6.07) is 9.67. The molecular weight excluding hydrogens is 342 g/mol. The summed E-state index contributed by atoms with van der Waals surface area (Å²) in [5.74, 6) is -1.60. The molecule has 0 aliphatic carbocycles. The minimum Gasteiger partial charge on any atom is -0.460 e. The lowest BCUT2D eigenvalue weighted by molar-refractivity contribution is -0.170. The first-order chi connectivity index (χ1) is 12.2. The number of carbonyl (C=O) groups excluding carboxylic acids is 2. The van der Waals surface area contributed by atoms with E-state index in [1.807, 2.05) is 42.5 Å². The standard InChI is InChI=1S/C22H33NO4/c1-16(13-14-17-11-9-8-10-12-17)22(23,19(25)27-21(5,6)7)15-18(24)26-20(2,3)4/h8-14,16H,15,23H2,1-7H3/b14-13+/t16-,22+/m0/s1. The molecule has 1 aromatic carbocycles. The molecule has 5 nitrogen and oxygen atoms in total. The molecule has 5 heteroatoms. The predicted octanol–water partition coefficient (Wildman–Crippen LogP) is 4.11. The van der Waals surface area contributed by atoms with Crippen LogP contribution in [0.15, 0.2) is 36.4 Å². The zero-order chi connectivity index (χ0) is 20.9. The number of hydrogen-bond donors (Lipinski definition) is 1. The number of carbonyl (C=O) groups is 2. The third-order valence-electron chi connectivity index (χ3n) is 3.83. The smallest absolute Gasteiger partial charge is 0.327 e. The monoisotopic (exact) mass is 375 g/mol. The average Bonchev–Trinajstić information content (AvgIpc) is 2.49. The van der Waals surface area contributed by atoms with Crippen molar-refractivity contribution < 1.29 is 19.1 Å². The van der Waals surface area contributed by atoms with E-state index in [1.54, 1.807) is 48.5 Å². The third kappa shape index (κ3) is 7.95. The first kappa shape index (κ1) is 22.9. The van der Waals surface area contributed by atoms with E-state index in [2.05, 4.69) is 0 Å². The number of rotatable bonds is 6. The first-order valence-corrected chi connectivity index (χ1v) is 9.20. The Bertz CT molecular complexity index is 668. The summed E-state index contributed by atoms with van der Waals surface area (Å²) in [5.41, 5.74) is 4.53. The maximum Gasteiger partial charge on any atom is 0.327 e. The van der Waals surface area contributed by atoms with E-state index in [1.165, 1.54) is 0 Å². The average molecular weight is 376 g/mol. The second-order valence-electron chi connectivity index (χ2n) is 8.86. The molecule has 0 aliphatic heterocycles. The highest BCUT2D eigenvalue weighted by molar-refractivity contribution is 5.88. The second kappa shape index (κ2) is 8.70. The normalized spacial score (nSPS) is 15.9. The Labute approximate surface area is 162 Å². The number of hydrogen-bond acceptors (Lipinski definition) is 5. The van der Waals surface area contributed by atoms with E-state index in [9.17, 15) is 9.59 Å². The van der Waals surface area contributed by atoms with Crippen LogP contribution in [-0.2, 0) is 19.1 Å². The highest BCUT2D eigenvalue weighted by atomic mass is 16.6. The van der Waals surface area contributed by atoms with Crippen molar-refractivity contribution in [1.82, 2.24) is 0 Å². The lowest BCUT2D eigenvalue weighted by Crippen LogP contribution is -2.57. The van der Waals surface area contributed by atoms with Crippen LogP contribution in [0.2, 0.25) is 0 Å². The zero-order valence-electron chi connectivity index (χ0n) is 17.5. The van der Waals surface area contributed by atoms with Crippen molar-refractivity contribution in [2.24, 2.45) is 11.7 Å². The van der Waals surface area contributed by atoms with Crippen LogP contribution in [0.25, 0.3) is 6.08 Å². The van der Waals surface area contributed by atoms with Crippen LogP contribution in [-0.4, -0.2) is 28.7 Å². The van der Waals surface area contributed by atoms with Crippen LogP contribution in [0.4, 0.5) is 0 Å². The van der Waals surface area contributed by atoms with Gasteiger partial charge in [-0.3, -0.25) is 4.79 Å². The van der Waals surface area contributed by atoms with Gasteiger partial charge in [-0.15, -0.1) is 0 Å². The molecule has 0 radical (unpaired) electrons. The molecule has 0 aliphatic rings. The summed E-state index contributed by atoms with van der Waals surface area (Å²) in [6.07, 6.45) is 3.44. The molecule has 1 rings (SSSR count). The van der Waals surface area contributed by atoms with Gasteiger partial charge in [0.15, 0.2) is 0 Å². The molecule has 0 spiro atoms. The Morgan fingerprint density at radius 3 is 2.00 bits per heavy atom. The van der Waals surface area contributed by atoms with Gasteiger partial charge in [0.05, 0.1) is 6.42 Å². The van der Waals surface area contributed by atoms with Crippen LogP contribution >= 0.6 is 0 Å². The molecule has 0 unspecified atom stereocenters. The molecule has 0 bridgehead atoms. The van der Waals surface area contributed by atoms with Gasteiger partial charge in [0.2, 0.25) is 0 Å². The maximum absolute atomic E-state index is 12.8. The van der Waals surface area contributed by atoms with E-state index in [0.29, 0.717) is 0 Å². The van der Waals surface area contributed by atoms with Gasteiger partial charge in [0.25, 0.3) is 0 Å². The fourth-order valence-corrected chi connectivity index (χ4v) is 2.40. The van der Waals surface area contributed by atoms with Crippen molar-refractivity contribution in [3.05, 3.63) is 42.0 Å². The first-order valence-electron chi connectivity index (χ1n) is 9.20. The molecule has 27 heavy (non-hydrogen) atoms. The van der Waals surface area contributed by atoms with Crippen LogP contribution in [0, 0.1) is 5.92 Å². The van der Waals surface area contributed by atoms with Gasteiger partial charge in [-0.2, -0.15) is 0 Å². The topological polar surface area (TPSA) is 78.6 Å². The van der Waals surface area contributed by atoms with Crippen molar-refractivity contribution >= 4 is 18.0 Å². The van der Waals surface area contributed by atoms with Crippen LogP contribution in [0.1, 0.15) is 60.5 Å². The molecule has 0 heterocycles. The maximum atomic E-state index is 12.8. The number of ether oxygens (including phenoxy) is 2. The van der Waals surface area contributed by atoms with E-state index in [4.69, 9.17) is 15.2 Å². The van der Waals surface area contributed by atoms with Gasteiger partial charge in [-0.05, 0) is 47.1 Å². The Morgan fingerprint density at radius 2 is 1.52 bits per heavy atom. The van der Waals surface area contributed by atoms with Crippen molar-refractivity contribution in [2.45, 2.75) is 71.6 Å². The van der Waals surface area contributed by atoms with Gasteiger partial charge in [-0.25, -0.2) is 4.79 Å². The molecule has 0 aromatic heterocycles. The summed E-state index contributed by atoms with van der Waals surface area (Å²) in [6.45, 7) is 12.4. The number of esters is 2. The van der Waals surface area contributed by atoms with Gasteiger partial charge in [0, 0.05) is 5.92 Å². The fourth-order valence-electron chi connectivity index (χ4n) is 2.40. The minimum absolute atomic E-state index is 0.264. The molecule has 0 saturated carbocycles. The number of nitrogens with two attached hydrogens (primary N) is 1. The van der Waals surface area contributed by atoms with Crippen LogP contribution < -0.4 is 5.73 Å². The van der Waals surface area contributed by atoms with Crippen LogP contribution in [0.5, 0.6) is 0 Å². The Balaban J connectivity index is 3.09. The molecule has 2 atom stereocenters. The quantitative estimate of drug-likeness (QED) is 0.757. The highest BCUT2D eigenvalue weighted by Gasteiger charge is 2.44.